The Labute approximate surface area is 122 Å². The number of nitrogens with zero attached hydrogens (tertiary/aromatic N) is 2. The highest BCUT2D eigenvalue weighted by Crippen LogP contribution is 2.28. The maximum atomic E-state index is 13.2. The number of pyridine rings is 1. The minimum absolute atomic E-state index is 0.273. The topological polar surface area (TPSA) is 38.6 Å². The van der Waals surface area contributed by atoms with E-state index < -0.39 is 0 Å². The van der Waals surface area contributed by atoms with Gasteiger partial charge in [-0.05, 0) is 49.9 Å². The Morgan fingerprint density at radius 3 is 2.90 bits per heavy atom. The monoisotopic (exact) mass is 285 g/mol. The first-order chi connectivity index (χ1) is 10.2. The van der Waals surface area contributed by atoms with Crippen LogP contribution < -0.4 is 10.1 Å². The van der Waals surface area contributed by atoms with Crippen molar-refractivity contribution in [1.29, 1.82) is 0 Å². The van der Waals surface area contributed by atoms with Crippen LogP contribution in [0, 0.1) is 12.7 Å². The van der Waals surface area contributed by atoms with E-state index in [0.717, 1.165) is 16.9 Å². The van der Waals surface area contributed by atoms with E-state index in [1.807, 2.05) is 42.8 Å². The van der Waals surface area contributed by atoms with E-state index in [1.165, 1.54) is 12.1 Å². The Hall–Kier alpha value is -2.40. The molecule has 0 saturated heterocycles. The largest absolute Gasteiger partial charge is 0.437 e. The number of nitrogens with one attached hydrogen (secondary N) is 1. The number of halogens is 1. The molecule has 1 N–H and O–H groups in total. The molecule has 0 aliphatic carbocycles. The van der Waals surface area contributed by atoms with E-state index in [-0.39, 0.29) is 5.82 Å². The predicted octanol–water partition coefficient (Wildman–Crippen LogP) is 3.29. The molecule has 0 unspecified atom stereocenters. The van der Waals surface area contributed by atoms with Crippen LogP contribution in [0.5, 0.6) is 11.6 Å². The molecule has 0 aliphatic heterocycles. The second-order valence-electron chi connectivity index (χ2n) is 4.83. The Bertz CT molecular complexity index is 782. The number of aryl methyl sites for hydroxylation is 1. The summed E-state index contributed by atoms with van der Waals surface area (Å²) in [7, 11) is 1.87. The Kier molecular flexibility index (Phi) is 3.58. The Morgan fingerprint density at radius 1 is 1.29 bits per heavy atom. The van der Waals surface area contributed by atoms with Gasteiger partial charge in [0.25, 0.3) is 0 Å². The number of aromatic nitrogens is 2. The van der Waals surface area contributed by atoms with Gasteiger partial charge in [0.1, 0.15) is 22.9 Å². The summed E-state index contributed by atoms with van der Waals surface area (Å²) in [5, 5.41) is 3.11. The predicted molar refractivity (Wildman–Crippen MR) is 79.2 cm³/mol. The van der Waals surface area contributed by atoms with Crippen LogP contribution in [-0.4, -0.2) is 16.4 Å². The number of imidazole rings is 1. The van der Waals surface area contributed by atoms with Crippen molar-refractivity contribution >= 4 is 5.65 Å². The molecule has 0 saturated carbocycles. The lowest BCUT2D eigenvalue weighted by Crippen LogP contribution is -2.08. The van der Waals surface area contributed by atoms with Gasteiger partial charge in [0.05, 0.1) is 0 Å². The average molecular weight is 285 g/mol. The third kappa shape index (κ3) is 2.60. The highest BCUT2D eigenvalue weighted by atomic mass is 19.1. The fourth-order valence-corrected chi connectivity index (χ4v) is 2.27. The van der Waals surface area contributed by atoms with Crippen LogP contribution in [0.25, 0.3) is 5.65 Å². The first-order valence-corrected chi connectivity index (χ1v) is 6.73. The van der Waals surface area contributed by atoms with Gasteiger partial charge >= 0.3 is 0 Å². The first kappa shape index (κ1) is 13.6. The van der Waals surface area contributed by atoms with Crippen LogP contribution in [0.4, 0.5) is 4.39 Å². The van der Waals surface area contributed by atoms with Gasteiger partial charge in [0.2, 0.25) is 5.88 Å². The summed E-state index contributed by atoms with van der Waals surface area (Å²) >= 11 is 0. The van der Waals surface area contributed by atoms with Crippen molar-refractivity contribution < 1.29 is 9.13 Å². The van der Waals surface area contributed by atoms with Crippen molar-refractivity contribution in [2.45, 2.75) is 13.5 Å². The van der Waals surface area contributed by atoms with Gasteiger partial charge in [0, 0.05) is 12.7 Å². The summed E-state index contributed by atoms with van der Waals surface area (Å²) in [6, 6.07) is 10.2. The smallest absolute Gasteiger partial charge is 0.242 e. The third-order valence-electron chi connectivity index (χ3n) is 3.28. The van der Waals surface area contributed by atoms with E-state index >= 15 is 0 Å². The molecule has 1 aromatic carbocycles. The number of hydrogen-bond acceptors (Lipinski definition) is 3. The second-order valence-corrected chi connectivity index (χ2v) is 4.83. The van der Waals surface area contributed by atoms with Crippen LogP contribution in [0.3, 0.4) is 0 Å². The van der Waals surface area contributed by atoms with Crippen molar-refractivity contribution in [2.24, 2.45) is 0 Å². The minimum Gasteiger partial charge on any atom is -0.437 e. The third-order valence-corrected chi connectivity index (χ3v) is 3.28. The Balaban J connectivity index is 2.05. The fraction of sp³-hybridized carbons (Fsp3) is 0.188. The first-order valence-electron chi connectivity index (χ1n) is 6.73. The van der Waals surface area contributed by atoms with Crippen molar-refractivity contribution in [1.82, 2.24) is 14.7 Å². The molecule has 21 heavy (non-hydrogen) atoms. The molecule has 2 heterocycles. The molecule has 5 heteroatoms. The van der Waals surface area contributed by atoms with Crippen LogP contribution in [0.15, 0.2) is 42.6 Å². The summed E-state index contributed by atoms with van der Waals surface area (Å²) < 4.78 is 21.0. The Morgan fingerprint density at radius 2 is 2.14 bits per heavy atom. The van der Waals surface area contributed by atoms with Crippen molar-refractivity contribution in [2.75, 3.05) is 7.05 Å². The van der Waals surface area contributed by atoms with E-state index in [9.17, 15) is 4.39 Å². The molecule has 0 bridgehead atoms. The van der Waals surface area contributed by atoms with Crippen LogP contribution in [0.2, 0.25) is 0 Å². The molecule has 108 valence electrons. The lowest BCUT2D eigenvalue weighted by Gasteiger charge is -2.08. The van der Waals surface area contributed by atoms with E-state index in [0.29, 0.717) is 18.2 Å². The fourth-order valence-electron chi connectivity index (χ4n) is 2.27. The summed E-state index contributed by atoms with van der Waals surface area (Å²) in [6.07, 6.45) is 1.94. The highest BCUT2D eigenvalue weighted by molar-refractivity contribution is 5.47. The molecule has 0 spiro atoms. The minimum atomic E-state index is -0.273. The number of ether oxygens (including phenoxy) is 1. The molecule has 3 aromatic rings. The molecule has 0 radical (unpaired) electrons. The van der Waals surface area contributed by atoms with Crippen molar-refractivity contribution in [3.05, 3.63) is 59.7 Å². The van der Waals surface area contributed by atoms with Crippen LogP contribution >= 0.6 is 0 Å². The van der Waals surface area contributed by atoms with E-state index in [4.69, 9.17) is 4.74 Å². The van der Waals surface area contributed by atoms with Gasteiger partial charge in [-0.2, -0.15) is 4.98 Å². The molecular weight excluding hydrogens is 269 g/mol. The molecule has 2 aromatic heterocycles. The van der Waals surface area contributed by atoms with Gasteiger partial charge in [-0.25, -0.2) is 4.39 Å². The molecule has 0 aliphatic rings. The van der Waals surface area contributed by atoms with Gasteiger partial charge in [-0.15, -0.1) is 0 Å². The van der Waals surface area contributed by atoms with Gasteiger partial charge in [-0.1, -0.05) is 6.07 Å². The number of hydrogen-bond donors (Lipinski definition) is 1. The quantitative estimate of drug-likeness (QED) is 0.799. The summed E-state index contributed by atoms with van der Waals surface area (Å²) in [6.45, 7) is 2.44. The van der Waals surface area contributed by atoms with E-state index in [2.05, 4.69) is 10.3 Å². The van der Waals surface area contributed by atoms with Crippen LogP contribution in [0.1, 0.15) is 11.3 Å². The average Bonchev–Trinajstić information content (AvgIpc) is 2.81. The van der Waals surface area contributed by atoms with Crippen molar-refractivity contribution in [3.8, 4) is 11.6 Å². The molecular formula is C16H16FN3O. The summed E-state index contributed by atoms with van der Waals surface area (Å²) in [5.41, 5.74) is 2.48. The second kappa shape index (κ2) is 5.54. The molecule has 0 atom stereocenters. The number of rotatable bonds is 4. The molecule has 0 fully saturated rings. The molecule has 4 nitrogen and oxygen atoms in total. The summed E-state index contributed by atoms with van der Waals surface area (Å²) in [4.78, 5) is 4.50. The highest BCUT2D eigenvalue weighted by Gasteiger charge is 2.14. The van der Waals surface area contributed by atoms with Gasteiger partial charge in [0.15, 0.2) is 0 Å². The molecule has 3 rings (SSSR count). The van der Waals surface area contributed by atoms with Gasteiger partial charge < -0.3 is 10.1 Å². The normalized spacial score (nSPS) is 11.0. The molecule has 0 amide bonds. The maximum absolute atomic E-state index is 13.2. The zero-order chi connectivity index (χ0) is 14.8. The van der Waals surface area contributed by atoms with Crippen LogP contribution in [-0.2, 0) is 6.54 Å². The van der Waals surface area contributed by atoms with Gasteiger partial charge in [-0.3, -0.25) is 4.40 Å². The zero-order valence-corrected chi connectivity index (χ0v) is 11.9. The number of fused-ring (bicyclic) bond motifs is 1. The lowest BCUT2D eigenvalue weighted by molar-refractivity contribution is 0.452. The number of benzene rings is 1. The SMILES string of the molecule is CNCc1c(Oc2ccc(F)cc2C)nc2ccccn12. The standard InChI is InChI=1S/C16H16FN3O/c1-11-9-12(17)6-7-14(11)21-16-13(10-18-2)20-8-4-3-5-15(20)19-16/h3-9,18H,10H2,1-2H3. The van der Waals surface area contributed by atoms with E-state index in [1.54, 1.807) is 6.07 Å². The van der Waals surface area contributed by atoms with Crippen molar-refractivity contribution in [3.63, 3.8) is 0 Å². The zero-order valence-electron chi connectivity index (χ0n) is 11.9. The summed E-state index contributed by atoms with van der Waals surface area (Å²) in [5.74, 6) is 0.868. The maximum Gasteiger partial charge on any atom is 0.242 e. The lowest BCUT2D eigenvalue weighted by atomic mass is 10.2.